The van der Waals surface area contributed by atoms with Gasteiger partial charge in [0.25, 0.3) is 0 Å². The molecule has 2 aliphatic carbocycles. The van der Waals surface area contributed by atoms with Crippen molar-refractivity contribution >= 4 is 28.4 Å². The number of aromatic nitrogens is 5. The summed E-state index contributed by atoms with van der Waals surface area (Å²) in [6.45, 7) is 5.22. The molecule has 7 rings (SSSR count). The molecule has 12 heteroatoms. The van der Waals surface area contributed by atoms with E-state index in [0.29, 0.717) is 42.6 Å². The van der Waals surface area contributed by atoms with E-state index in [1.165, 1.54) is 0 Å². The van der Waals surface area contributed by atoms with Crippen molar-refractivity contribution < 1.29 is 19.0 Å². The molecule has 2 amide bonds. The van der Waals surface area contributed by atoms with Gasteiger partial charge in [-0.2, -0.15) is 10.2 Å². The van der Waals surface area contributed by atoms with E-state index in [1.54, 1.807) is 30.9 Å². The van der Waals surface area contributed by atoms with E-state index < -0.39 is 5.67 Å². The number of aliphatic hydroxyl groups is 1. The van der Waals surface area contributed by atoms with Gasteiger partial charge in [-0.05, 0) is 58.4 Å². The topological polar surface area (TPSA) is 124 Å². The quantitative estimate of drug-likeness (QED) is 0.421. The number of piperidine rings is 1. The Morgan fingerprint density at radius 1 is 1.26 bits per heavy atom. The number of nitrogens with zero attached hydrogens (tertiary/aromatic N) is 6. The summed E-state index contributed by atoms with van der Waals surface area (Å²) in [6.07, 6.45) is 8.91. The lowest BCUT2D eigenvalue weighted by Crippen LogP contribution is -2.53. The fraction of sp³-hybridized carbons (Fsp3) is 0.630. The van der Waals surface area contributed by atoms with Crippen molar-refractivity contribution in [2.45, 2.75) is 88.4 Å². The summed E-state index contributed by atoms with van der Waals surface area (Å²) in [5.41, 5.74) is 0.746. The molecule has 0 bridgehead atoms. The van der Waals surface area contributed by atoms with E-state index in [2.05, 4.69) is 20.4 Å². The number of aliphatic hydroxyl groups excluding tert-OH is 1. The summed E-state index contributed by atoms with van der Waals surface area (Å²) in [5.74, 6) is 0.782. The van der Waals surface area contributed by atoms with Crippen LogP contribution in [-0.4, -0.2) is 90.2 Å². The van der Waals surface area contributed by atoms with Gasteiger partial charge in [0.05, 0.1) is 53.3 Å². The molecule has 5 heterocycles. The Labute approximate surface area is 225 Å². The molecular formula is C27H35FN8O3. The minimum atomic E-state index is -1.46. The summed E-state index contributed by atoms with van der Waals surface area (Å²) in [7, 11) is 0. The number of rotatable bonds is 7. The molecule has 1 unspecified atom stereocenters. The fourth-order valence-corrected chi connectivity index (χ4v) is 5.93. The molecule has 39 heavy (non-hydrogen) atoms. The maximum Gasteiger partial charge on any atom is 0.322 e. The van der Waals surface area contributed by atoms with E-state index in [4.69, 9.17) is 14.8 Å². The zero-order valence-corrected chi connectivity index (χ0v) is 22.4. The number of H-pyrrole nitrogens is 1. The first-order valence-electron chi connectivity index (χ1n) is 13.9. The van der Waals surface area contributed by atoms with Crippen LogP contribution in [-0.2, 0) is 11.3 Å². The summed E-state index contributed by atoms with van der Waals surface area (Å²) in [5, 5.41) is 25.9. The molecule has 208 valence electrons. The molecule has 3 aromatic rings. The monoisotopic (exact) mass is 538 g/mol. The van der Waals surface area contributed by atoms with Crippen LogP contribution in [0.2, 0.25) is 0 Å². The van der Waals surface area contributed by atoms with Crippen molar-refractivity contribution in [1.29, 1.82) is 0 Å². The van der Waals surface area contributed by atoms with Crippen LogP contribution in [0.5, 0.6) is 0 Å². The van der Waals surface area contributed by atoms with Gasteiger partial charge in [-0.3, -0.25) is 14.8 Å². The lowest BCUT2D eigenvalue weighted by atomic mass is 9.98. The number of alkyl halides is 1. The van der Waals surface area contributed by atoms with Crippen molar-refractivity contribution in [3.63, 3.8) is 0 Å². The predicted octanol–water partition coefficient (Wildman–Crippen LogP) is 3.46. The number of hydrogen-bond acceptors (Lipinski definition) is 7. The number of carbonyl (C=O) groups is 1. The number of likely N-dealkylation sites (tertiary alicyclic amines) is 1. The number of amides is 2. The number of aromatic amines is 1. The molecule has 1 spiro atoms. The smallest absolute Gasteiger partial charge is 0.322 e. The Balaban J connectivity index is 1.16. The van der Waals surface area contributed by atoms with Crippen LogP contribution in [0.25, 0.3) is 22.3 Å². The van der Waals surface area contributed by atoms with Crippen LogP contribution >= 0.6 is 0 Å². The van der Waals surface area contributed by atoms with Crippen molar-refractivity contribution in [2.75, 3.05) is 29.9 Å². The van der Waals surface area contributed by atoms with Gasteiger partial charge in [0.15, 0.2) is 5.82 Å². The molecule has 2 saturated carbocycles. The van der Waals surface area contributed by atoms with Crippen molar-refractivity contribution in [3.05, 3.63) is 18.5 Å². The average molecular weight is 539 g/mol. The lowest BCUT2D eigenvalue weighted by molar-refractivity contribution is 0.0217. The van der Waals surface area contributed by atoms with E-state index in [9.17, 15) is 14.3 Å². The zero-order chi connectivity index (χ0) is 26.9. The largest absolute Gasteiger partial charge is 0.393 e. The van der Waals surface area contributed by atoms with Crippen LogP contribution in [0.4, 0.5) is 20.7 Å². The Bertz CT molecular complexity index is 1400. The Hall–Kier alpha value is -3.25. The average Bonchev–Trinajstić information content (AvgIpc) is 3.75. The Kier molecular flexibility index (Phi) is 5.64. The highest BCUT2D eigenvalue weighted by atomic mass is 19.1. The van der Waals surface area contributed by atoms with Crippen molar-refractivity contribution in [3.8, 4) is 11.4 Å². The van der Waals surface area contributed by atoms with Gasteiger partial charge in [-0.15, -0.1) is 0 Å². The van der Waals surface area contributed by atoms with Gasteiger partial charge < -0.3 is 25.0 Å². The number of urea groups is 1. The number of ether oxygens (including phenoxy) is 1. The molecule has 2 aliphatic heterocycles. The van der Waals surface area contributed by atoms with Gasteiger partial charge in [-0.1, -0.05) is 0 Å². The standard InChI is InChI=1S/C27H35FN8O3/c1-26(2,28)15-36-22-9-20(29-11-19(22)24(33-36)34-13-18(14-34)39-17-3-4-17)23-21(12-30-32-23)31-25(38)35-8-5-16(37)10-27(35)6-7-27/h9,11-12,16-18,37H,3-8,10,13-15H2,1-2H3,(H,30,32)(H,31,38). The number of nitrogens with one attached hydrogen (secondary N) is 2. The fourth-order valence-electron chi connectivity index (χ4n) is 5.93. The van der Waals surface area contributed by atoms with E-state index in [-0.39, 0.29) is 30.3 Å². The molecular weight excluding hydrogens is 503 g/mol. The third-order valence-electron chi connectivity index (χ3n) is 8.28. The number of halogens is 1. The maximum absolute atomic E-state index is 14.8. The minimum Gasteiger partial charge on any atom is -0.393 e. The first kappa shape index (κ1) is 24.8. The first-order chi connectivity index (χ1) is 18.7. The van der Waals surface area contributed by atoms with Crippen LogP contribution in [0.3, 0.4) is 0 Å². The zero-order valence-electron chi connectivity index (χ0n) is 22.4. The van der Waals surface area contributed by atoms with E-state index >= 15 is 0 Å². The molecule has 11 nitrogen and oxygen atoms in total. The highest BCUT2D eigenvalue weighted by Crippen LogP contribution is 2.48. The molecule has 4 fully saturated rings. The summed E-state index contributed by atoms with van der Waals surface area (Å²) < 4.78 is 22.5. The number of fused-ring (bicyclic) bond motifs is 1. The summed E-state index contributed by atoms with van der Waals surface area (Å²) in [6, 6.07) is 1.67. The van der Waals surface area contributed by atoms with E-state index in [0.717, 1.165) is 55.5 Å². The number of pyridine rings is 1. The molecule has 2 saturated heterocycles. The maximum atomic E-state index is 14.8. The summed E-state index contributed by atoms with van der Waals surface area (Å²) in [4.78, 5) is 22.0. The van der Waals surface area contributed by atoms with Crippen LogP contribution in [0, 0.1) is 0 Å². The van der Waals surface area contributed by atoms with Gasteiger partial charge >= 0.3 is 6.03 Å². The second kappa shape index (κ2) is 8.88. The second-order valence-corrected chi connectivity index (χ2v) is 12.3. The molecule has 3 N–H and O–H groups in total. The van der Waals surface area contributed by atoms with Crippen LogP contribution in [0.1, 0.15) is 52.4 Å². The van der Waals surface area contributed by atoms with Gasteiger partial charge in [0, 0.05) is 31.4 Å². The third kappa shape index (κ3) is 4.73. The normalized spacial score (nSPS) is 22.9. The minimum absolute atomic E-state index is 0.0955. The number of hydrogen-bond donors (Lipinski definition) is 3. The highest BCUT2D eigenvalue weighted by molar-refractivity contribution is 5.96. The molecule has 1 atom stereocenters. The second-order valence-electron chi connectivity index (χ2n) is 12.3. The van der Waals surface area contributed by atoms with Gasteiger partial charge in [0.2, 0.25) is 0 Å². The van der Waals surface area contributed by atoms with Crippen LogP contribution < -0.4 is 10.2 Å². The molecule has 4 aliphatic rings. The van der Waals surface area contributed by atoms with E-state index in [1.807, 2.05) is 11.0 Å². The Morgan fingerprint density at radius 3 is 2.77 bits per heavy atom. The SMILES string of the molecule is CC(C)(F)Cn1nc(N2CC(OC3CC3)C2)c2cnc(-c3[nH]ncc3NC(=O)N3CCC(O)CC34CC4)cc21. The molecule has 0 aromatic carbocycles. The number of anilines is 2. The molecule has 0 radical (unpaired) electrons. The third-order valence-corrected chi connectivity index (χ3v) is 8.28. The predicted molar refractivity (Wildman–Crippen MR) is 143 cm³/mol. The van der Waals surface area contributed by atoms with Gasteiger partial charge in [0.1, 0.15) is 11.4 Å². The lowest BCUT2D eigenvalue weighted by Gasteiger charge is -2.39. The van der Waals surface area contributed by atoms with Gasteiger partial charge in [-0.25, -0.2) is 9.18 Å². The molecule has 3 aromatic heterocycles. The highest BCUT2D eigenvalue weighted by Gasteiger charge is 2.53. The van der Waals surface area contributed by atoms with Crippen LogP contribution in [0.15, 0.2) is 18.5 Å². The number of carbonyl (C=O) groups excluding carboxylic acids is 1. The van der Waals surface area contributed by atoms with Crippen molar-refractivity contribution in [1.82, 2.24) is 29.9 Å². The van der Waals surface area contributed by atoms with Crippen molar-refractivity contribution in [2.24, 2.45) is 0 Å². The summed E-state index contributed by atoms with van der Waals surface area (Å²) >= 11 is 0. The first-order valence-corrected chi connectivity index (χ1v) is 13.9. The Morgan fingerprint density at radius 2 is 2.05 bits per heavy atom.